The van der Waals surface area contributed by atoms with Gasteiger partial charge in [0.15, 0.2) is 0 Å². The van der Waals surface area contributed by atoms with Crippen molar-refractivity contribution in [3.8, 4) is 0 Å². The van der Waals surface area contributed by atoms with Crippen LogP contribution in [0.2, 0.25) is 5.02 Å². The lowest BCUT2D eigenvalue weighted by atomic mass is 10.2. The lowest BCUT2D eigenvalue weighted by molar-refractivity contribution is 0.0685. The van der Waals surface area contributed by atoms with Gasteiger partial charge >= 0.3 is 0 Å². The number of aliphatic hydroxyl groups excluding tert-OH is 2. The van der Waals surface area contributed by atoms with Crippen molar-refractivity contribution < 1.29 is 15.0 Å². The van der Waals surface area contributed by atoms with Crippen LogP contribution in [0, 0.1) is 0 Å². The Morgan fingerprint density at radius 1 is 1.38 bits per heavy atom. The van der Waals surface area contributed by atoms with E-state index in [0.29, 0.717) is 5.56 Å². The van der Waals surface area contributed by atoms with E-state index >= 15 is 0 Å². The van der Waals surface area contributed by atoms with Crippen LogP contribution in [-0.4, -0.2) is 52.3 Å². The molecular weight excluding hydrogens is 232 g/mol. The monoisotopic (exact) mass is 244 g/mol. The molecule has 0 spiro atoms. The van der Waals surface area contributed by atoms with Crippen LogP contribution in [0.1, 0.15) is 10.4 Å². The molecule has 1 rings (SSSR count). The second-order valence-electron chi connectivity index (χ2n) is 3.09. The first-order valence-electron chi connectivity index (χ1n) is 4.81. The number of halogens is 1. The number of carbonyl (C=O) groups is 1. The van der Waals surface area contributed by atoms with Gasteiger partial charge in [-0.05, 0) is 6.07 Å². The maximum atomic E-state index is 11.9. The highest BCUT2D eigenvalue weighted by Gasteiger charge is 2.17. The van der Waals surface area contributed by atoms with Crippen LogP contribution < -0.4 is 0 Å². The Morgan fingerprint density at radius 2 is 2.00 bits per heavy atom. The van der Waals surface area contributed by atoms with Gasteiger partial charge in [-0.3, -0.25) is 9.78 Å². The topological polar surface area (TPSA) is 73.7 Å². The van der Waals surface area contributed by atoms with E-state index in [0.717, 1.165) is 0 Å². The zero-order valence-corrected chi connectivity index (χ0v) is 9.39. The van der Waals surface area contributed by atoms with Crippen LogP contribution in [0.15, 0.2) is 18.5 Å². The third-order valence-corrected chi connectivity index (χ3v) is 2.33. The van der Waals surface area contributed by atoms with Crippen LogP contribution in [0.5, 0.6) is 0 Å². The van der Waals surface area contributed by atoms with Crippen LogP contribution in [0.25, 0.3) is 0 Å². The molecule has 1 amide bonds. The fraction of sp³-hybridized carbons (Fsp3) is 0.400. The van der Waals surface area contributed by atoms with Crippen molar-refractivity contribution in [2.24, 2.45) is 0 Å². The van der Waals surface area contributed by atoms with E-state index in [1.165, 1.54) is 23.4 Å². The Morgan fingerprint density at radius 3 is 2.50 bits per heavy atom. The Hall–Kier alpha value is -1.17. The number of rotatable bonds is 5. The Kier molecular flexibility index (Phi) is 5.18. The van der Waals surface area contributed by atoms with Crippen molar-refractivity contribution in [1.82, 2.24) is 9.88 Å². The standard InChI is InChI=1S/C10H13ClN2O3/c11-9-7-12-2-1-8(9)10(16)13(3-5-14)4-6-15/h1-2,7,14-15H,3-6H2. The average molecular weight is 245 g/mol. The van der Waals surface area contributed by atoms with Crippen LogP contribution in [0.4, 0.5) is 0 Å². The van der Waals surface area contributed by atoms with Crippen molar-refractivity contribution in [3.05, 3.63) is 29.0 Å². The summed E-state index contributed by atoms with van der Waals surface area (Å²) in [6, 6.07) is 1.51. The lowest BCUT2D eigenvalue weighted by Gasteiger charge is -2.20. The summed E-state index contributed by atoms with van der Waals surface area (Å²) < 4.78 is 0. The molecule has 0 aliphatic rings. The molecule has 0 aliphatic heterocycles. The first-order chi connectivity index (χ1) is 7.70. The van der Waals surface area contributed by atoms with Gasteiger partial charge in [-0.25, -0.2) is 0 Å². The molecule has 88 valence electrons. The molecule has 0 aliphatic carbocycles. The molecular formula is C10H13ClN2O3. The highest BCUT2D eigenvalue weighted by molar-refractivity contribution is 6.33. The summed E-state index contributed by atoms with van der Waals surface area (Å²) in [5, 5.41) is 17.9. The summed E-state index contributed by atoms with van der Waals surface area (Å²) in [5.41, 5.74) is 0.318. The predicted molar refractivity (Wildman–Crippen MR) is 59.3 cm³/mol. The number of hydrogen-bond donors (Lipinski definition) is 2. The molecule has 1 heterocycles. The van der Waals surface area contributed by atoms with Crippen LogP contribution in [0.3, 0.4) is 0 Å². The van der Waals surface area contributed by atoms with E-state index in [2.05, 4.69) is 4.98 Å². The fourth-order valence-corrected chi connectivity index (χ4v) is 1.48. The van der Waals surface area contributed by atoms with Gasteiger partial charge < -0.3 is 15.1 Å². The minimum atomic E-state index is -0.324. The van der Waals surface area contributed by atoms with E-state index in [1.807, 2.05) is 0 Å². The summed E-state index contributed by atoms with van der Waals surface area (Å²) in [4.78, 5) is 17.0. The maximum Gasteiger partial charge on any atom is 0.255 e. The second kappa shape index (κ2) is 6.42. The summed E-state index contributed by atoms with van der Waals surface area (Å²) in [6.07, 6.45) is 2.85. The molecule has 5 nitrogen and oxygen atoms in total. The molecule has 16 heavy (non-hydrogen) atoms. The van der Waals surface area contributed by atoms with Crippen molar-refractivity contribution in [2.75, 3.05) is 26.3 Å². The molecule has 0 bridgehead atoms. The Balaban J connectivity index is 2.85. The quantitative estimate of drug-likeness (QED) is 0.774. The molecule has 6 heteroatoms. The number of nitrogens with zero attached hydrogens (tertiary/aromatic N) is 2. The van der Waals surface area contributed by atoms with E-state index in [1.54, 1.807) is 0 Å². The predicted octanol–water partition coefficient (Wildman–Crippen LogP) is 0.162. The van der Waals surface area contributed by atoms with E-state index < -0.39 is 0 Å². The molecule has 1 aromatic rings. The van der Waals surface area contributed by atoms with Crippen molar-refractivity contribution >= 4 is 17.5 Å². The number of amides is 1. The Labute approximate surface area is 98.3 Å². The maximum absolute atomic E-state index is 11.9. The van der Waals surface area contributed by atoms with Crippen molar-refractivity contribution in [1.29, 1.82) is 0 Å². The smallest absolute Gasteiger partial charge is 0.255 e. The van der Waals surface area contributed by atoms with Gasteiger partial charge in [0.25, 0.3) is 5.91 Å². The average Bonchev–Trinajstić information content (AvgIpc) is 2.28. The summed E-state index contributed by atoms with van der Waals surface area (Å²) in [7, 11) is 0. The highest BCUT2D eigenvalue weighted by atomic mass is 35.5. The van der Waals surface area contributed by atoms with E-state index in [4.69, 9.17) is 21.8 Å². The minimum absolute atomic E-state index is 0.158. The largest absolute Gasteiger partial charge is 0.395 e. The molecule has 0 atom stereocenters. The normalized spacial score (nSPS) is 10.2. The molecule has 0 saturated carbocycles. The van der Waals surface area contributed by atoms with Crippen molar-refractivity contribution in [3.63, 3.8) is 0 Å². The lowest BCUT2D eigenvalue weighted by Crippen LogP contribution is -2.36. The minimum Gasteiger partial charge on any atom is -0.395 e. The van der Waals surface area contributed by atoms with E-state index in [9.17, 15) is 4.79 Å². The number of aliphatic hydroxyl groups is 2. The van der Waals surface area contributed by atoms with Crippen molar-refractivity contribution in [2.45, 2.75) is 0 Å². The fourth-order valence-electron chi connectivity index (χ4n) is 1.28. The number of aromatic nitrogens is 1. The first kappa shape index (κ1) is 12.9. The zero-order chi connectivity index (χ0) is 12.0. The van der Waals surface area contributed by atoms with Crippen LogP contribution in [-0.2, 0) is 0 Å². The first-order valence-corrected chi connectivity index (χ1v) is 5.19. The molecule has 0 unspecified atom stereocenters. The van der Waals surface area contributed by atoms with Gasteiger partial charge in [-0.15, -0.1) is 0 Å². The summed E-state index contributed by atoms with van der Waals surface area (Å²) in [6.45, 7) is 0.0129. The highest BCUT2D eigenvalue weighted by Crippen LogP contribution is 2.15. The molecule has 2 N–H and O–H groups in total. The molecule has 1 aromatic heterocycles. The SMILES string of the molecule is O=C(c1ccncc1Cl)N(CCO)CCO. The van der Waals surface area contributed by atoms with Gasteiger partial charge in [0, 0.05) is 25.5 Å². The third kappa shape index (κ3) is 3.16. The molecule has 0 aromatic carbocycles. The second-order valence-corrected chi connectivity index (χ2v) is 3.50. The molecule has 0 saturated heterocycles. The van der Waals surface area contributed by atoms with Gasteiger partial charge in [0.2, 0.25) is 0 Å². The van der Waals surface area contributed by atoms with Crippen LogP contribution >= 0.6 is 11.6 Å². The number of hydrogen-bond acceptors (Lipinski definition) is 4. The van der Waals surface area contributed by atoms with Gasteiger partial charge in [0.1, 0.15) is 0 Å². The number of carbonyl (C=O) groups excluding carboxylic acids is 1. The van der Waals surface area contributed by atoms with E-state index in [-0.39, 0.29) is 37.2 Å². The van der Waals surface area contributed by atoms with Gasteiger partial charge in [0.05, 0.1) is 23.8 Å². The summed E-state index contributed by atoms with van der Waals surface area (Å²) in [5.74, 6) is -0.324. The third-order valence-electron chi connectivity index (χ3n) is 2.03. The van der Waals surface area contributed by atoms with Gasteiger partial charge in [-0.2, -0.15) is 0 Å². The molecule has 0 fully saturated rings. The number of pyridine rings is 1. The molecule has 0 radical (unpaired) electrons. The zero-order valence-electron chi connectivity index (χ0n) is 8.64. The van der Waals surface area contributed by atoms with Gasteiger partial charge in [-0.1, -0.05) is 11.6 Å². The summed E-state index contributed by atoms with van der Waals surface area (Å²) >= 11 is 5.83. The Bertz CT molecular complexity index is 354.